The Hall–Kier alpha value is 0.1000. The SMILES string of the molecule is CC1(C(N)Cc2sccc2Br)CCCCO1. The quantitative estimate of drug-likeness (QED) is 0.929. The van der Waals surface area contributed by atoms with Crippen molar-refractivity contribution in [2.24, 2.45) is 5.73 Å². The van der Waals surface area contributed by atoms with E-state index in [9.17, 15) is 0 Å². The average Bonchev–Trinajstić information content (AvgIpc) is 2.65. The smallest absolute Gasteiger partial charge is 0.0808 e. The predicted octanol–water partition coefficient (Wildman–Crippen LogP) is 3.34. The lowest BCUT2D eigenvalue weighted by atomic mass is 9.87. The van der Waals surface area contributed by atoms with E-state index in [2.05, 4.69) is 34.3 Å². The molecule has 0 amide bonds. The van der Waals surface area contributed by atoms with E-state index in [0.717, 1.165) is 19.4 Å². The lowest BCUT2D eigenvalue weighted by Crippen LogP contribution is -2.50. The van der Waals surface area contributed by atoms with Crippen LogP contribution >= 0.6 is 27.3 Å². The molecule has 1 aliphatic heterocycles. The molecular formula is C12H18BrNOS. The van der Waals surface area contributed by atoms with Crippen molar-refractivity contribution in [1.82, 2.24) is 0 Å². The first-order valence-electron chi connectivity index (χ1n) is 5.73. The van der Waals surface area contributed by atoms with Crippen molar-refractivity contribution in [3.63, 3.8) is 0 Å². The molecule has 0 radical (unpaired) electrons. The van der Waals surface area contributed by atoms with Crippen molar-refractivity contribution in [2.45, 2.75) is 44.2 Å². The van der Waals surface area contributed by atoms with Crippen LogP contribution in [0.15, 0.2) is 15.9 Å². The summed E-state index contributed by atoms with van der Waals surface area (Å²) in [7, 11) is 0. The van der Waals surface area contributed by atoms with Crippen LogP contribution in [-0.4, -0.2) is 18.2 Å². The van der Waals surface area contributed by atoms with E-state index in [1.54, 1.807) is 11.3 Å². The summed E-state index contributed by atoms with van der Waals surface area (Å²) in [6.45, 7) is 3.01. The topological polar surface area (TPSA) is 35.2 Å². The molecule has 0 saturated carbocycles. The van der Waals surface area contributed by atoms with Crippen LogP contribution in [0.25, 0.3) is 0 Å². The van der Waals surface area contributed by atoms with Gasteiger partial charge in [0, 0.05) is 28.4 Å². The molecule has 1 saturated heterocycles. The molecule has 2 unspecified atom stereocenters. The molecule has 16 heavy (non-hydrogen) atoms. The summed E-state index contributed by atoms with van der Waals surface area (Å²) in [5, 5.41) is 2.09. The van der Waals surface area contributed by atoms with Gasteiger partial charge in [0.05, 0.1) is 5.60 Å². The van der Waals surface area contributed by atoms with Gasteiger partial charge < -0.3 is 10.5 Å². The summed E-state index contributed by atoms with van der Waals surface area (Å²) in [6, 6.07) is 2.17. The van der Waals surface area contributed by atoms with Gasteiger partial charge in [-0.2, -0.15) is 0 Å². The van der Waals surface area contributed by atoms with Crippen molar-refractivity contribution < 1.29 is 4.74 Å². The van der Waals surface area contributed by atoms with Crippen LogP contribution in [0.5, 0.6) is 0 Å². The summed E-state index contributed by atoms with van der Waals surface area (Å²) in [4.78, 5) is 1.32. The van der Waals surface area contributed by atoms with Crippen LogP contribution in [0.2, 0.25) is 0 Å². The molecular weight excluding hydrogens is 286 g/mol. The van der Waals surface area contributed by atoms with Crippen molar-refractivity contribution in [3.8, 4) is 0 Å². The average molecular weight is 304 g/mol. The zero-order valence-corrected chi connectivity index (χ0v) is 11.9. The fraction of sp³-hybridized carbons (Fsp3) is 0.667. The van der Waals surface area contributed by atoms with Gasteiger partial charge in [-0.3, -0.25) is 0 Å². The van der Waals surface area contributed by atoms with Gasteiger partial charge in [0.15, 0.2) is 0 Å². The van der Waals surface area contributed by atoms with Gasteiger partial charge in [0.1, 0.15) is 0 Å². The molecule has 90 valence electrons. The Labute approximate surface area is 109 Å². The van der Waals surface area contributed by atoms with Crippen molar-refractivity contribution >= 4 is 27.3 Å². The lowest BCUT2D eigenvalue weighted by molar-refractivity contribution is -0.0807. The standard InChI is InChI=1S/C12H18BrNOS/c1-12(5-2-3-6-15-12)11(14)8-10-9(13)4-7-16-10/h4,7,11H,2-3,5-6,8,14H2,1H3. The fourth-order valence-electron chi connectivity index (χ4n) is 2.13. The van der Waals surface area contributed by atoms with Crippen LogP contribution in [0.1, 0.15) is 31.1 Å². The lowest BCUT2D eigenvalue weighted by Gasteiger charge is -2.38. The Morgan fingerprint density at radius 2 is 2.44 bits per heavy atom. The number of hydrogen-bond donors (Lipinski definition) is 1. The minimum atomic E-state index is -0.137. The minimum Gasteiger partial charge on any atom is -0.374 e. The minimum absolute atomic E-state index is 0.0859. The van der Waals surface area contributed by atoms with Gasteiger partial charge in [-0.25, -0.2) is 0 Å². The third kappa shape index (κ3) is 2.67. The molecule has 1 aromatic rings. The van der Waals surface area contributed by atoms with Crippen molar-refractivity contribution in [2.75, 3.05) is 6.61 Å². The second-order valence-corrected chi connectivity index (χ2v) is 6.48. The molecule has 0 aromatic carbocycles. The van der Waals surface area contributed by atoms with E-state index in [4.69, 9.17) is 10.5 Å². The molecule has 1 aliphatic rings. The zero-order chi connectivity index (χ0) is 11.6. The normalized spacial score (nSPS) is 27.9. The second kappa shape index (κ2) is 5.17. The predicted molar refractivity (Wildman–Crippen MR) is 71.9 cm³/mol. The third-order valence-electron chi connectivity index (χ3n) is 3.38. The number of thiophene rings is 1. The van der Waals surface area contributed by atoms with E-state index < -0.39 is 0 Å². The molecule has 0 bridgehead atoms. The number of halogens is 1. The van der Waals surface area contributed by atoms with Crippen molar-refractivity contribution in [3.05, 3.63) is 20.8 Å². The van der Waals surface area contributed by atoms with Crippen LogP contribution in [0, 0.1) is 0 Å². The summed E-state index contributed by atoms with van der Waals surface area (Å²) >= 11 is 5.31. The molecule has 1 aromatic heterocycles. The molecule has 2 rings (SSSR count). The van der Waals surface area contributed by atoms with E-state index in [1.165, 1.54) is 22.2 Å². The van der Waals surface area contributed by atoms with E-state index >= 15 is 0 Å². The van der Waals surface area contributed by atoms with Gasteiger partial charge in [-0.1, -0.05) is 0 Å². The maximum absolute atomic E-state index is 6.30. The highest BCUT2D eigenvalue weighted by Gasteiger charge is 2.34. The molecule has 2 heterocycles. The van der Waals surface area contributed by atoms with Crippen molar-refractivity contribution in [1.29, 1.82) is 0 Å². The Balaban J connectivity index is 2.01. The molecule has 2 atom stereocenters. The summed E-state index contributed by atoms with van der Waals surface area (Å²) in [5.41, 5.74) is 6.17. The maximum atomic E-state index is 6.30. The molecule has 0 spiro atoms. The largest absolute Gasteiger partial charge is 0.374 e. The highest BCUT2D eigenvalue weighted by Crippen LogP contribution is 2.31. The number of nitrogens with two attached hydrogens (primary N) is 1. The van der Waals surface area contributed by atoms with Crippen LogP contribution in [0.3, 0.4) is 0 Å². The molecule has 2 nitrogen and oxygen atoms in total. The molecule has 0 aliphatic carbocycles. The van der Waals surface area contributed by atoms with E-state index in [0.29, 0.717) is 0 Å². The van der Waals surface area contributed by atoms with Gasteiger partial charge in [-0.15, -0.1) is 11.3 Å². The highest BCUT2D eigenvalue weighted by atomic mass is 79.9. The first kappa shape index (κ1) is 12.6. The monoisotopic (exact) mass is 303 g/mol. The van der Waals surface area contributed by atoms with Gasteiger partial charge in [0.2, 0.25) is 0 Å². The van der Waals surface area contributed by atoms with Crippen LogP contribution < -0.4 is 5.73 Å². The van der Waals surface area contributed by atoms with Crippen LogP contribution in [-0.2, 0) is 11.2 Å². The van der Waals surface area contributed by atoms with Gasteiger partial charge in [0.25, 0.3) is 0 Å². The number of rotatable bonds is 3. The Morgan fingerprint density at radius 1 is 1.62 bits per heavy atom. The highest BCUT2D eigenvalue weighted by molar-refractivity contribution is 9.10. The number of ether oxygens (including phenoxy) is 1. The van der Waals surface area contributed by atoms with E-state index in [-0.39, 0.29) is 11.6 Å². The Kier molecular flexibility index (Phi) is 4.06. The molecule has 1 fully saturated rings. The fourth-order valence-corrected chi connectivity index (χ4v) is 3.71. The summed E-state index contributed by atoms with van der Waals surface area (Å²) in [6.07, 6.45) is 4.38. The summed E-state index contributed by atoms with van der Waals surface area (Å²) in [5.74, 6) is 0. The Bertz CT molecular complexity index is 347. The van der Waals surface area contributed by atoms with Crippen LogP contribution in [0.4, 0.5) is 0 Å². The third-order valence-corrected chi connectivity index (χ3v) is 5.33. The Morgan fingerprint density at radius 3 is 3.00 bits per heavy atom. The molecule has 4 heteroatoms. The maximum Gasteiger partial charge on any atom is 0.0808 e. The van der Waals surface area contributed by atoms with Gasteiger partial charge in [-0.05, 0) is 53.6 Å². The number of hydrogen-bond acceptors (Lipinski definition) is 3. The van der Waals surface area contributed by atoms with E-state index in [1.807, 2.05) is 0 Å². The molecule has 2 N–H and O–H groups in total. The van der Waals surface area contributed by atoms with Gasteiger partial charge >= 0.3 is 0 Å². The summed E-state index contributed by atoms with van der Waals surface area (Å²) < 4.78 is 7.05. The first-order chi connectivity index (χ1) is 7.62. The second-order valence-electron chi connectivity index (χ2n) is 4.62. The first-order valence-corrected chi connectivity index (χ1v) is 7.40. The zero-order valence-electron chi connectivity index (χ0n) is 9.54.